The second kappa shape index (κ2) is 26.1. The molecule has 0 aliphatic rings. The van der Waals surface area contributed by atoms with Crippen LogP contribution < -0.4 is 30.7 Å². The predicted molar refractivity (Wildman–Crippen MR) is 261 cm³/mol. The number of fused-ring (bicyclic) bond motifs is 1. The second-order valence-electron chi connectivity index (χ2n) is 18.2. The maximum Gasteiger partial charge on any atom is 0.408 e. The number of aryl methyl sites for hydroxylation is 2. The van der Waals surface area contributed by atoms with Crippen LogP contribution in [0.2, 0.25) is 0 Å². The summed E-state index contributed by atoms with van der Waals surface area (Å²) in [5.74, 6) is -1.78. The zero-order valence-corrected chi connectivity index (χ0v) is 42.0. The predicted octanol–water partition coefficient (Wildman–Crippen LogP) is 8.03. The number of carbonyl (C=O) groups excluding carboxylic acids is 4. The number of hydrogen-bond donors (Lipinski definition) is 4. The summed E-state index contributed by atoms with van der Waals surface area (Å²) < 4.78 is 58.6. The van der Waals surface area contributed by atoms with Gasteiger partial charge in [-0.1, -0.05) is 18.2 Å². The smallest absolute Gasteiger partial charge is 0.408 e. The first-order chi connectivity index (χ1) is 33.1. The maximum absolute atomic E-state index is 15.2. The number of aromatic nitrogens is 5. The Bertz CT molecular complexity index is 2520. The van der Waals surface area contributed by atoms with E-state index in [1.807, 2.05) is 59.9 Å². The van der Waals surface area contributed by atoms with E-state index in [-0.39, 0.29) is 55.5 Å². The maximum atomic E-state index is 15.2. The molecule has 2 aromatic carbocycles. The summed E-state index contributed by atoms with van der Waals surface area (Å²) in [6.07, 6.45) is 4.56. The first-order valence-corrected chi connectivity index (χ1v) is 23.1. The summed E-state index contributed by atoms with van der Waals surface area (Å²) in [5.41, 5.74) is 2.08. The molecule has 0 saturated heterocycles. The molecule has 0 radical (unpaired) electrons. The summed E-state index contributed by atoms with van der Waals surface area (Å²) in [7, 11) is 1.83. The number of nitrogens with one attached hydrogen (secondary N) is 4. The molecule has 2 amide bonds. The summed E-state index contributed by atoms with van der Waals surface area (Å²) in [4.78, 5) is 62.0. The second-order valence-corrected chi connectivity index (χ2v) is 18.2. The zero-order valence-electron chi connectivity index (χ0n) is 42.0. The first kappa shape index (κ1) is 55.6. The molecule has 0 fully saturated rings. The molecule has 18 nitrogen and oxygen atoms in total. The molecular weight excluding hydrogens is 909 g/mol. The van der Waals surface area contributed by atoms with E-state index in [1.165, 1.54) is 17.8 Å². The van der Waals surface area contributed by atoms with Crippen LogP contribution in [0.25, 0.3) is 22.4 Å². The van der Waals surface area contributed by atoms with Gasteiger partial charge in [0.2, 0.25) is 5.91 Å². The molecule has 0 saturated carbocycles. The van der Waals surface area contributed by atoms with Crippen LogP contribution >= 0.6 is 0 Å². The van der Waals surface area contributed by atoms with Gasteiger partial charge in [0.05, 0.1) is 38.1 Å². The van der Waals surface area contributed by atoms with E-state index in [0.29, 0.717) is 47.5 Å². The Labute approximate surface area is 408 Å². The number of ether oxygens (including phenoxy) is 5. The van der Waals surface area contributed by atoms with Crippen molar-refractivity contribution in [3.63, 3.8) is 0 Å². The van der Waals surface area contributed by atoms with Gasteiger partial charge < -0.3 is 45.0 Å². The molecule has 0 aliphatic carbocycles. The number of carbonyl (C=O) groups is 4. The molecule has 3 aromatic heterocycles. The molecule has 2 atom stereocenters. The van der Waals surface area contributed by atoms with Crippen molar-refractivity contribution in [1.82, 2.24) is 40.7 Å². The lowest BCUT2D eigenvalue weighted by atomic mass is 10.1. The molecule has 70 heavy (non-hydrogen) atoms. The van der Waals surface area contributed by atoms with Crippen LogP contribution in [0, 0.1) is 25.5 Å². The number of benzene rings is 2. The minimum absolute atomic E-state index is 0.0218. The van der Waals surface area contributed by atoms with E-state index in [4.69, 9.17) is 29.0 Å². The van der Waals surface area contributed by atoms with Gasteiger partial charge in [-0.25, -0.2) is 28.3 Å². The molecule has 5 aromatic rings. The van der Waals surface area contributed by atoms with E-state index in [9.17, 15) is 19.2 Å². The normalized spacial score (nSPS) is 12.2. The van der Waals surface area contributed by atoms with E-state index < -0.39 is 47.3 Å². The first-order valence-electron chi connectivity index (χ1n) is 23.1. The van der Waals surface area contributed by atoms with Crippen LogP contribution in [0.4, 0.5) is 25.1 Å². The molecule has 4 N–H and O–H groups in total. The summed E-state index contributed by atoms with van der Waals surface area (Å²) >= 11 is 0. The van der Waals surface area contributed by atoms with Crippen molar-refractivity contribution in [2.24, 2.45) is 0 Å². The quantitative estimate of drug-likeness (QED) is 0.0223. The number of anilines is 2. The standard InChI is InChI=1S/C45H57F2N9O7.C5H10O2/c1-9-60-30-22-33(46)32(34(47)23-30)26-56-37-17-11-10-15-31(37)39(55-56)41-50-25-38(40(54-41)52-36-21-28(3)49-24-27(36)2)61-19-14-20-62-43(58)29(4)51-42(57)35(16-12-13-18-48-8)53-44(59)63-45(5,6)7;1-5(2,3)7-4-6/h10-11,15,17,21-25,29,35,48H,9,12-14,16,18-20,26H2,1-8H3,(H,51,57)(H,53,59)(H,49,50,52,54);4H,1-3H3/t29?,35-;/m0./s1. The van der Waals surface area contributed by atoms with Crippen molar-refractivity contribution in [2.45, 2.75) is 125 Å². The number of esters is 1. The van der Waals surface area contributed by atoms with Gasteiger partial charge >= 0.3 is 12.1 Å². The number of hydrogen-bond acceptors (Lipinski definition) is 15. The fourth-order valence-electron chi connectivity index (χ4n) is 6.54. The third-order valence-electron chi connectivity index (χ3n) is 9.93. The van der Waals surface area contributed by atoms with Crippen molar-refractivity contribution in [3.8, 4) is 23.0 Å². The number of rotatable bonds is 22. The third kappa shape index (κ3) is 17.5. The van der Waals surface area contributed by atoms with Gasteiger partial charge in [-0.05, 0) is 120 Å². The minimum Gasteiger partial charge on any atom is -0.494 e. The van der Waals surface area contributed by atoms with Crippen molar-refractivity contribution < 1.29 is 51.6 Å². The number of halogens is 2. The number of alkyl carbamates (subject to hydrolysis) is 1. The molecule has 20 heteroatoms. The lowest BCUT2D eigenvalue weighted by Gasteiger charge is -2.24. The lowest BCUT2D eigenvalue weighted by Crippen LogP contribution is -2.51. The average molecular weight is 976 g/mol. The van der Waals surface area contributed by atoms with Gasteiger partial charge in [0, 0.05) is 47.1 Å². The van der Waals surface area contributed by atoms with Gasteiger partial charge in [-0.15, -0.1) is 0 Å². The molecule has 0 aliphatic heterocycles. The van der Waals surface area contributed by atoms with Crippen LogP contribution in [0.3, 0.4) is 0 Å². The zero-order chi connectivity index (χ0) is 51.6. The highest BCUT2D eigenvalue weighted by molar-refractivity contribution is 5.92. The Balaban J connectivity index is 0.00000141. The van der Waals surface area contributed by atoms with Gasteiger partial charge in [0.25, 0.3) is 6.47 Å². The van der Waals surface area contributed by atoms with Gasteiger partial charge in [0.15, 0.2) is 17.4 Å². The highest BCUT2D eigenvalue weighted by Crippen LogP contribution is 2.33. The Kier molecular flexibility index (Phi) is 20.8. The average Bonchev–Trinajstić information content (AvgIpc) is 3.64. The summed E-state index contributed by atoms with van der Waals surface area (Å²) in [6, 6.07) is 9.52. The van der Waals surface area contributed by atoms with Crippen LogP contribution in [0.15, 0.2) is 54.9 Å². The van der Waals surface area contributed by atoms with Crippen LogP contribution in [0.5, 0.6) is 11.5 Å². The Morgan fingerprint density at radius 3 is 2.24 bits per heavy atom. The summed E-state index contributed by atoms with van der Waals surface area (Å²) in [6.45, 7) is 19.0. The topological polar surface area (TPSA) is 219 Å². The SMILES string of the molecule is CC(C)(C)OC=O.CCOc1cc(F)c(Cn2nc(-c3ncc(OCCCOC(=O)C(C)NC(=O)[C@H](CCCCNC)NC(=O)OC(C)(C)C)c(Nc4cc(C)ncc4C)n3)c3ccccc32)c(F)c1. The molecule has 380 valence electrons. The molecular formula is C50H67F2N9O9. The Morgan fingerprint density at radius 1 is 0.886 bits per heavy atom. The van der Waals surface area contributed by atoms with Crippen LogP contribution in [-0.4, -0.2) is 106 Å². The number of unbranched alkanes of at least 4 members (excludes halogenated alkanes) is 1. The number of nitrogens with zero attached hydrogens (tertiary/aromatic N) is 5. The molecule has 3 heterocycles. The fraction of sp³-hybridized carbons (Fsp3) is 0.480. The highest BCUT2D eigenvalue weighted by atomic mass is 19.1. The van der Waals surface area contributed by atoms with Gasteiger partial charge in [-0.2, -0.15) is 5.10 Å². The van der Waals surface area contributed by atoms with E-state index in [1.54, 1.807) is 46.0 Å². The van der Waals surface area contributed by atoms with Crippen LogP contribution in [-0.2, 0) is 35.1 Å². The lowest BCUT2D eigenvalue weighted by molar-refractivity contribution is -0.147. The molecule has 5 rings (SSSR count). The highest BCUT2D eigenvalue weighted by Gasteiger charge is 2.27. The summed E-state index contributed by atoms with van der Waals surface area (Å²) in [5, 5.41) is 17.1. The van der Waals surface area contributed by atoms with E-state index in [2.05, 4.69) is 36.0 Å². The van der Waals surface area contributed by atoms with Crippen molar-refractivity contribution in [3.05, 3.63) is 83.3 Å². The van der Waals surface area contributed by atoms with Crippen molar-refractivity contribution >= 4 is 46.9 Å². The molecule has 0 spiro atoms. The monoisotopic (exact) mass is 976 g/mol. The Morgan fingerprint density at radius 2 is 1.60 bits per heavy atom. The van der Waals surface area contributed by atoms with Crippen molar-refractivity contribution in [2.75, 3.05) is 38.7 Å². The molecule has 0 bridgehead atoms. The number of pyridine rings is 1. The number of amides is 2. The van der Waals surface area contributed by atoms with Gasteiger partial charge in [-0.3, -0.25) is 19.3 Å². The van der Waals surface area contributed by atoms with Gasteiger partial charge in [0.1, 0.15) is 46.4 Å². The largest absolute Gasteiger partial charge is 0.494 e. The fourth-order valence-corrected chi connectivity index (χ4v) is 6.54. The van der Waals surface area contributed by atoms with E-state index in [0.717, 1.165) is 42.0 Å². The third-order valence-corrected chi connectivity index (χ3v) is 9.93. The minimum atomic E-state index is -0.999. The van der Waals surface area contributed by atoms with Crippen molar-refractivity contribution in [1.29, 1.82) is 0 Å². The number of para-hydroxylation sites is 1. The molecule has 1 unspecified atom stereocenters. The Hall–Kier alpha value is -6.96. The van der Waals surface area contributed by atoms with Crippen LogP contribution in [0.1, 0.15) is 97.9 Å². The van der Waals surface area contributed by atoms with E-state index >= 15 is 8.78 Å².